The SMILES string of the molecule is Cc1nn(C)cc1-c1cc(C(=O)NC2(CN3CCCCC3)CCCCC2)no1. The number of hydrogen-bond donors (Lipinski definition) is 1. The summed E-state index contributed by atoms with van der Waals surface area (Å²) >= 11 is 0. The molecule has 1 amide bonds. The number of piperidine rings is 1. The number of amides is 1. The number of hydrogen-bond acceptors (Lipinski definition) is 5. The van der Waals surface area contributed by atoms with Crippen LogP contribution in [0.2, 0.25) is 0 Å². The Kier molecular flexibility index (Phi) is 5.53. The second-order valence-corrected chi connectivity index (χ2v) is 8.51. The molecular formula is C21H31N5O2. The Hall–Kier alpha value is -2.15. The second-order valence-electron chi connectivity index (χ2n) is 8.51. The summed E-state index contributed by atoms with van der Waals surface area (Å²) in [6, 6.07) is 1.73. The molecule has 0 spiro atoms. The molecule has 7 heteroatoms. The first-order valence-electron chi connectivity index (χ1n) is 10.6. The second kappa shape index (κ2) is 8.07. The summed E-state index contributed by atoms with van der Waals surface area (Å²) in [5, 5.41) is 11.7. The molecule has 0 unspecified atom stereocenters. The van der Waals surface area contributed by atoms with Crippen molar-refractivity contribution in [1.29, 1.82) is 0 Å². The fraction of sp³-hybridized carbons (Fsp3) is 0.667. The molecule has 1 N–H and O–H groups in total. The molecule has 3 heterocycles. The summed E-state index contributed by atoms with van der Waals surface area (Å²) in [6.07, 6.45) is 11.4. The van der Waals surface area contributed by atoms with Gasteiger partial charge in [-0.2, -0.15) is 5.10 Å². The van der Waals surface area contributed by atoms with Crippen molar-refractivity contribution in [2.45, 2.75) is 63.8 Å². The number of carbonyl (C=O) groups excluding carboxylic acids is 1. The van der Waals surface area contributed by atoms with Crippen molar-refractivity contribution in [2.24, 2.45) is 7.05 Å². The number of likely N-dealkylation sites (tertiary alicyclic amines) is 1. The fourth-order valence-corrected chi connectivity index (χ4v) is 4.75. The van der Waals surface area contributed by atoms with E-state index in [2.05, 4.69) is 20.5 Å². The average molecular weight is 386 g/mol. The zero-order valence-corrected chi connectivity index (χ0v) is 17.0. The van der Waals surface area contributed by atoms with E-state index in [1.807, 2.05) is 20.2 Å². The van der Waals surface area contributed by atoms with Crippen molar-refractivity contribution in [3.05, 3.63) is 23.7 Å². The van der Waals surface area contributed by atoms with Gasteiger partial charge in [0.1, 0.15) is 0 Å². The molecule has 2 aliphatic rings. The Bertz CT molecular complexity index is 813. The smallest absolute Gasteiger partial charge is 0.273 e. The summed E-state index contributed by atoms with van der Waals surface area (Å²) in [5.74, 6) is 0.458. The largest absolute Gasteiger partial charge is 0.355 e. The van der Waals surface area contributed by atoms with Crippen molar-refractivity contribution >= 4 is 5.91 Å². The summed E-state index contributed by atoms with van der Waals surface area (Å²) in [4.78, 5) is 15.6. The lowest BCUT2D eigenvalue weighted by molar-refractivity contribution is 0.0775. The van der Waals surface area contributed by atoms with Gasteiger partial charge in [-0.25, -0.2) is 0 Å². The highest BCUT2D eigenvalue weighted by Gasteiger charge is 2.36. The number of aromatic nitrogens is 3. The van der Waals surface area contributed by atoms with Gasteiger partial charge in [-0.1, -0.05) is 30.8 Å². The van der Waals surface area contributed by atoms with Gasteiger partial charge in [0.05, 0.1) is 16.8 Å². The standard InChI is InChI=1S/C21H31N5O2/c1-16-17(14-25(2)23-16)19-13-18(24-28-19)20(27)22-21(9-5-3-6-10-21)15-26-11-7-4-8-12-26/h13-14H,3-12,15H2,1-2H3,(H,22,27). The number of aryl methyl sites for hydroxylation is 2. The lowest BCUT2D eigenvalue weighted by Crippen LogP contribution is -2.57. The monoisotopic (exact) mass is 385 g/mol. The van der Waals surface area contributed by atoms with Crippen LogP contribution in [0.1, 0.15) is 67.5 Å². The van der Waals surface area contributed by atoms with Crippen LogP contribution in [0.25, 0.3) is 11.3 Å². The van der Waals surface area contributed by atoms with Gasteiger partial charge < -0.3 is 14.7 Å². The molecule has 2 fully saturated rings. The van der Waals surface area contributed by atoms with Crippen LogP contribution in [-0.2, 0) is 7.05 Å². The van der Waals surface area contributed by atoms with Gasteiger partial charge in [0, 0.05) is 25.9 Å². The molecule has 2 aromatic heterocycles. The molecule has 152 valence electrons. The minimum Gasteiger partial charge on any atom is -0.355 e. The fourth-order valence-electron chi connectivity index (χ4n) is 4.75. The van der Waals surface area contributed by atoms with Gasteiger partial charge in [0.2, 0.25) is 0 Å². The predicted octanol–water partition coefficient (Wildman–Crippen LogP) is 3.30. The highest BCUT2D eigenvalue weighted by atomic mass is 16.5. The first kappa shape index (κ1) is 19.2. The van der Waals surface area contributed by atoms with Crippen LogP contribution < -0.4 is 5.32 Å². The number of nitrogens with one attached hydrogen (secondary N) is 1. The van der Waals surface area contributed by atoms with Crippen LogP contribution in [0, 0.1) is 6.92 Å². The quantitative estimate of drug-likeness (QED) is 0.855. The highest BCUT2D eigenvalue weighted by Crippen LogP contribution is 2.31. The average Bonchev–Trinajstić information content (AvgIpc) is 3.29. The minimum absolute atomic E-state index is 0.129. The van der Waals surface area contributed by atoms with Gasteiger partial charge in [-0.3, -0.25) is 9.48 Å². The van der Waals surface area contributed by atoms with Crippen LogP contribution in [-0.4, -0.2) is 50.9 Å². The Morgan fingerprint density at radius 2 is 1.89 bits per heavy atom. The first-order valence-corrected chi connectivity index (χ1v) is 10.6. The molecule has 28 heavy (non-hydrogen) atoms. The molecular weight excluding hydrogens is 354 g/mol. The van der Waals surface area contributed by atoms with Crippen LogP contribution in [0.15, 0.2) is 16.8 Å². The maximum atomic E-state index is 13.0. The van der Waals surface area contributed by atoms with Gasteiger partial charge in [-0.15, -0.1) is 0 Å². The van der Waals surface area contributed by atoms with Crippen LogP contribution >= 0.6 is 0 Å². The summed E-state index contributed by atoms with van der Waals surface area (Å²) < 4.78 is 7.20. The molecule has 4 rings (SSSR count). The normalized spacial score (nSPS) is 20.2. The van der Waals surface area contributed by atoms with Gasteiger partial charge in [0.25, 0.3) is 5.91 Å². The Labute approximate surface area is 166 Å². The van der Waals surface area contributed by atoms with Crippen molar-refractivity contribution in [3.8, 4) is 11.3 Å². The Balaban J connectivity index is 1.49. The van der Waals surface area contributed by atoms with Crippen LogP contribution in [0.3, 0.4) is 0 Å². The zero-order chi connectivity index (χ0) is 19.6. The van der Waals surface area contributed by atoms with E-state index < -0.39 is 0 Å². The molecule has 0 atom stereocenters. The molecule has 7 nitrogen and oxygen atoms in total. The maximum Gasteiger partial charge on any atom is 0.273 e. The predicted molar refractivity (Wildman–Crippen MR) is 107 cm³/mol. The summed E-state index contributed by atoms with van der Waals surface area (Å²) in [7, 11) is 1.87. The van der Waals surface area contributed by atoms with Crippen LogP contribution in [0.5, 0.6) is 0 Å². The third kappa shape index (κ3) is 4.14. The van der Waals surface area contributed by atoms with Crippen molar-refractivity contribution in [2.75, 3.05) is 19.6 Å². The van der Waals surface area contributed by atoms with E-state index in [9.17, 15) is 4.79 Å². The third-order valence-corrected chi connectivity index (χ3v) is 6.19. The molecule has 1 saturated carbocycles. The highest BCUT2D eigenvalue weighted by molar-refractivity contribution is 5.93. The summed E-state index contributed by atoms with van der Waals surface area (Å²) in [5.41, 5.74) is 1.94. The van der Waals surface area contributed by atoms with E-state index in [0.29, 0.717) is 11.5 Å². The molecule has 0 bridgehead atoms. The molecule has 1 aliphatic carbocycles. The molecule has 1 aliphatic heterocycles. The maximum absolute atomic E-state index is 13.0. The van der Waals surface area contributed by atoms with E-state index in [1.165, 1.54) is 38.5 Å². The van der Waals surface area contributed by atoms with Gasteiger partial charge >= 0.3 is 0 Å². The van der Waals surface area contributed by atoms with E-state index >= 15 is 0 Å². The number of rotatable bonds is 5. The van der Waals surface area contributed by atoms with E-state index in [1.54, 1.807) is 10.7 Å². The number of nitrogens with zero attached hydrogens (tertiary/aromatic N) is 4. The lowest BCUT2D eigenvalue weighted by atomic mass is 9.80. The Morgan fingerprint density at radius 1 is 1.18 bits per heavy atom. The van der Waals surface area contributed by atoms with Crippen molar-refractivity contribution in [1.82, 2.24) is 25.2 Å². The van der Waals surface area contributed by atoms with Gasteiger partial charge in [-0.05, 0) is 45.7 Å². The van der Waals surface area contributed by atoms with E-state index in [-0.39, 0.29) is 11.4 Å². The lowest BCUT2D eigenvalue weighted by Gasteiger charge is -2.42. The molecule has 1 saturated heterocycles. The van der Waals surface area contributed by atoms with Crippen molar-refractivity contribution < 1.29 is 9.32 Å². The van der Waals surface area contributed by atoms with E-state index in [0.717, 1.165) is 43.7 Å². The molecule has 2 aromatic rings. The minimum atomic E-state index is -0.143. The topological polar surface area (TPSA) is 76.2 Å². The third-order valence-electron chi connectivity index (χ3n) is 6.19. The Morgan fingerprint density at radius 3 is 2.57 bits per heavy atom. The van der Waals surface area contributed by atoms with Crippen LogP contribution in [0.4, 0.5) is 0 Å². The molecule has 0 radical (unpaired) electrons. The first-order chi connectivity index (χ1) is 13.5. The summed E-state index contributed by atoms with van der Waals surface area (Å²) in [6.45, 7) is 5.16. The van der Waals surface area contributed by atoms with Gasteiger partial charge in [0.15, 0.2) is 11.5 Å². The zero-order valence-electron chi connectivity index (χ0n) is 17.0. The molecule has 0 aromatic carbocycles. The van der Waals surface area contributed by atoms with Crippen molar-refractivity contribution in [3.63, 3.8) is 0 Å². The van der Waals surface area contributed by atoms with E-state index in [4.69, 9.17) is 4.52 Å². The number of carbonyl (C=O) groups is 1.